The Balaban J connectivity index is 0.00000264. The fraction of sp³-hybridized carbons (Fsp3) is 0.600. The van der Waals surface area contributed by atoms with E-state index < -0.39 is 17.6 Å². The van der Waals surface area contributed by atoms with Crippen LogP contribution in [0.3, 0.4) is 0 Å². The summed E-state index contributed by atoms with van der Waals surface area (Å²) in [6.45, 7) is 0.317. The van der Waals surface area contributed by atoms with Gasteiger partial charge in [-0.3, -0.25) is 9.78 Å². The number of aromatic nitrogens is 1. The van der Waals surface area contributed by atoms with Gasteiger partial charge >= 0.3 is 6.18 Å². The Hall–Kier alpha value is -1.05. The molecule has 1 aromatic heterocycles. The number of hydrogen-bond donors (Lipinski definition) is 2. The Morgan fingerprint density at radius 3 is 2.33 bits per heavy atom. The highest BCUT2D eigenvalue weighted by atomic mass is 35.5. The average Bonchev–Trinajstić information content (AvgIpc) is 2.52. The summed E-state index contributed by atoms with van der Waals surface area (Å²) in [5.74, 6) is -0.146. The lowest BCUT2D eigenvalue weighted by Crippen LogP contribution is -2.46. The average molecular weight is 388 g/mol. The van der Waals surface area contributed by atoms with Crippen molar-refractivity contribution in [2.45, 2.75) is 44.3 Å². The summed E-state index contributed by atoms with van der Waals surface area (Å²) in [7, 11) is 0. The van der Waals surface area contributed by atoms with Gasteiger partial charge in [-0.25, -0.2) is 0 Å². The van der Waals surface area contributed by atoms with Crippen molar-refractivity contribution in [3.63, 3.8) is 0 Å². The molecule has 1 heterocycles. The first-order valence-corrected chi connectivity index (χ1v) is 7.46. The molecular weight excluding hydrogens is 366 g/mol. The van der Waals surface area contributed by atoms with E-state index in [4.69, 9.17) is 5.73 Å². The molecule has 1 amide bonds. The Kier molecular flexibility index (Phi) is 9.62. The monoisotopic (exact) mass is 387 g/mol. The van der Waals surface area contributed by atoms with Gasteiger partial charge in [-0.1, -0.05) is 19.3 Å². The van der Waals surface area contributed by atoms with Crippen LogP contribution in [0.4, 0.5) is 13.2 Å². The van der Waals surface area contributed by atoms with Crippen molar-refractivity contribution >= 4 is 30.7 Å². The lowest BCUT2D eigenvalue weighted by atomic mass is 9.84. The molecule has 0 bridgehead atoms. The van der Waals surface area contributed by atoms with Crippen molar-refractivity contribution in [2.75, 3.05) is 6.54 Å². The van der Waals surface area contributed by atoms with Gasteiger partial charge in [0.25, 0.3) is 5.91 Å². The van der Waals surface area contributed by atoms with Gasteiger partial charge in [0.2, 0.25) is 0 Å². The van der Waals surface area contributed by atoms with Crippen LogP contribution in [0.5, 0.6) is 0 Å². The SMILES string of the molecule is Cl.Cl.NCC(NC(=O)c1ccc(C(F)(F)F)cn1)C1CCCCC1. The third kappa shape index (κ3) is 6.11. The maximum absolute atomic E-state index is 12.5. The summed E-state index contributed by atoms with van der Waals surface area (Å²) in [5.41, 5.74) is 4.83. The van der Waals surface area contributed by atoms with Gasteiger partial charge < -0.3 is 11.1 Å². The highest BCUT2D eigenvalue weighted by Crippen LogP contribution is 2.28. The topological polar surface area (TPSA) is 68.0 Å². The Bertz CT molecular complexity index is 506. The highest BCUT2D eigenvalue weighted by Gasteiger charge is 2.31. The van der Waals surface area contributed by atoms with E-state index in [9.17, 15) is 18.0 Å². The fourth-order valence-electron chi connectivity index (χ4n) is 2.84. The Morgan fingerprint density at radius 2 is 1.88 bits per heavy atom. The highest BCUT2D eigenvalue weighted by molar-refractivity contribution is 5.92. The molecule has 1 aliphatic rings. The molecule has 4 nitrogen and oxygen atoms in total. The number of nitrogens with one attached hydrogen (secondary N) is 1. The van der Waals surface area contributed by atoms with Crippen molar-refractivity contribution in [2.24, 2.45) is 11.7 Å². The van der Waals surface area contributed by atoms with E-state index in [-0.39, 0.29) is 36.5 Å². The first kappa shape index (κ1) is 22.9. The Labute approximate surface area is 151 Å². The zero-order valence-electron chi connectivity index (χ0n) is 13.0. The summed E-state index contributed by atoms with van der Waals surface area (Å²) in [6.07, 6.45) is 1.69. The molecule has 2 rings (SSSR count). The van der Waals surface area contributed by atoms with Gasteiger partial charge in [0.1, 0.15) is 5.69 Å². The molecule has 1 saturated carbocycles. The second-order valence-electron chi connectivity index (χ2n) is 5.64. The van der Waals surface area contributed by atoms with Gasteiger partial charge in [-0.2, -0.15) is 13.2 Å². The number of alkyl halides is 3. The molecule has 0 aromatic carbocycles. The minimum atomic E-state index is -4.45. The quantitative estimate of drug-likeness (QED) is 0.829. The first-order chi connectivity index (χ1) is 10.4. The molecular formula is C15H22Cl2F3N3O. The van der Waals surface area contributed by atoms with Crippen molar-refractivity contribution < 1.29 is 18.0 Å². The van der Waals surface area contributed by atoms with Gasteiger partial charge in [0.05, 0.1) is 5.56 Å². The standard InChI is InChI=1S/C15H20F3N3O.2ClH/c16-15(17,18)11-6-7-12(20-9-11)14(22)21-13(8-19)10-4-2-1-3-5-10;;/h6-7,9-10,13H,1-5,8,19H2,(H,21,22);2*1H. The van der Waals surface area contributed by atoms with E-state index in [1.807, 2.05) is 0 Å². The number of nitrogens with two attached hydrogens (primary N) is 1. The number of carbonyl (C=O) groups excluding carboxylic acids is 1. The number of nitrogens with zero attached hydrogens (tertiary/aromatic N) is 1. The van der Waals surface area contributed by atoms with Crippen molar-refractivity contribution in [1.82, 2.24) is 10.3 Å². The number of halogens is 5. The van der Waals surface area contributed by atoms with Crippen LogP contribution in [0.1, 0.15) is 48.2 Å². The first-order valence-electron chi connectivity index (χ1n) is 7.46. The zero-order chi connectivity index (χ0) is 16.2. The van der Waals surface area contributed by atoms with E-state index >= 15 is 0 Å². The van der Waals surface area contributed by atoms with Crippen molar-refractivity contribution in [3.8, 4) is 0 Å². The number of pyridine rings is 1. The molecule has 24 heavy (non-hydrogen) atoms. The van der Waals surface area contributed by atoms with Gasteiger partial charge in [0.15, 0.2) is 0 Å². The van der Waals surface area contributed by atoms with E-state index in [0.717, 1.165) is 37.8 Å². The lowest BCUT2D eigenvalue weighted by Gasteiger charge is -2.29. The summed E-state index contributed by atoms with van der Waals surface area (Å²) < 4.78 is 37.4. The van der Waals surface area contributed by atoms with Crippen LogP contribution in [-0.4, -0.2) is 23.5 Å². The number of hydrogen-bond acceptors (Lipinski definition) is 3. The van der Waals surface area contributed by atoms with E-state index in [0.29, 0.717) is 18.7 Å². The molecule has 0 aliphatic heterocycles. The second kappa shape index (κ2) is 10.1. The minimum absolute atomic E-state index is 0. The number of amides is 1. The molecule has 138 valence electrons. The molecule has 9 heteroatoms. The summed E-state index contributed by atoms with van der Waals surface area (Å²) in [6, 6.07) is 1.80. The molecule has 1 fully saturated rings. The molecule has 1 unspecified atom stereocenters. The molecule has 1 aliphatic carbocycles. The van der Waals surface area contributed by atoms with E-state index in [1.165, 1.54) is 6.42 Å². The van der Waals surface area contributed by atoms with Gasteiger partial charge in [0, 0.05) is 18.8 Å². The molecule has 0 saturated heterocycles. The van der Waals surface area contributed by atoms with Crippen LogP contribution >= 0.6 is 24.8 Å². The maximum atomic E-state index is 12.5. The van der Waals surface area contributed by atoms with Crippen molar-refractivity contribution in [3.05, 3.63) is 29.6 Å². The molecule has 0 radical (unpaired) electrons. The smallest absolute Gasteiger partial charge is 0.346 e. The molecule has 0 spiro atoms. The molecule has 1 aromatic rings. The maximum Gasteiger partial charge on any atom is 0.417 e. The van der Waals surface area contributed by atoms with Crippen molar-refractivity contribution in [1.29, 1.82) is 0 Å². The van der Waals surface area contributed by atoms with Crippen LogP contribution in [0, 0.1) is 5.92 Å². The summed E-state index contributed by atoms with van der Waals surface area (Å²) >= 11 is 0. The molecule has 3 N–H and O–H groups in total. The largest absolute Gasteiger partial charge is 0.417 e. The number of rotatable bonds is 4. The van der Waals surface area contributed by atoms with E-state index in [2.05, 4.69) is 10.3 Å². The lowest BCUT2D eigenvalue weighted by molar-refractivity contribution is -0.137. The van der Waals surface area contributed by atoms with Crippen LogP contribution in [-0.2, 0) is 6.18 Å². The summed E-state index contributed by atoms with van der Waals surface area (Å²) in [4.78, 5) is 15.7. The third-order valence-electron chi connectivity index (χ3n) is 4.11. The summed E-state index contributed by atoms with van der Waals surface area (Å²) in [5, 5.41) is 2.80. The fourth-order valence-corrected chi connectivity index (χ4v) is 2.84. The zero-order valence-corrected chi connectivity index (χ0v) is 14.6. The van der Waals surface area contributed by atoms with Gasteiger partial charge in [-0.15, -0.1) is 24.8 Å². The van der Waals surface area contributed by atoms with Crippen LogP contribution in [0.15, 0.2) is 18.3 Å². The Morgan fingerprint density at radius 1 is 1.25 bits per heavy atom. The van der Waals surface area contributed by atoms with Crippen LogP contribution in [0.25, 0.3) is 0 Å². The van der Waals surface area contributed by atoms with E-state index in [1.54, 1.807) is 0 Å². The van der Waals surface area contributed by atoms with Gasteiger partial charge in [-0.05, 0) is 30.9 Å². The molecule has 1 atom stereocenters. The minimum Gasteiger partial charge on any atom is -0.346 e. The second-order valence-corrected chi connectivity index (χ2v) is 5.64. The predicted molar refractivity (Wildman–Crippen MR) is 90.6 cm³/mol. The normalized spacial score (nSPS) is 16.5. The predicted octanol–water partition coefficient (Wildman–Crippen LogP) is 3.58. The van der Waals surface area contributed by atoms with Crippen LogP contribution < -0.4 is 11.1 Å². The van der Waals surface area contributed by atoms with Crippen LogP contribution in [0.2, 0.25) is 0 Å². The number of carbonyl (C=O) groups is 1. The third-order valence-corrected chi connectivity index (χ3v) is 4.11.